The van der Waals surface area contributed by atoms with E-state index in [-0.39, 0.29) is 6.04 Å². The smallest absolute Gasteiger partial charge is 0.126 e. The number of hydrogen-bond acceptors (Lipinski definition) is 4. The molecule has 1 unspecified atom stereocenters. The Kier molecular flexibility index (Phi) is 3.46. The van der Waals surface area contributed by atoms with E-state index in [0.717, 1.165) is 29.0 Å². The predicted octanol–water partition coefficient (Wildman–Crippen LogP) is 1.72. The monoisotopic (exact) mass is 236 g/mol. The molecule has 0 spiro atoms. The van der Waals surface area contributed by atoms with E-state index in [1.54, 1.807) is 6.20 Å². The molecule has 2 heterocycles. The third-order valence-electron chi connectivity index (χ3n) is 2.68. The van der Waals surface area contributed by atoms with Crippen molar-refractivity contribution >= 4 is 22.8 Å². The molecule has 2 aromatic heterocycles. The number of aromatic nitrogens is 3. The summed E-state index contributed by atoms with van der Waals surface area (Å²) in [6.45, 7) is 0. The van der Waals surface area contributed by atoms with E-state index in [1.807, 2.05) is 35.6 Å². The van der Waals surface area contributed by atoms with Crippen LogP contribution in [-0.2, 0) is 7.05 Å². The van der Waals surface area contributed by atoms with Gasteiger partial charge >= 0.3 is 0 Å². The summed E-state index contributed by atoms with van der Waals surface area (Å²) < 4.78 is 2.04. The van der Waals surface area contributed by atoms with E-state index < -0.39 is 0 Å². The Hall–Kier alpha value is -1.07. The molecule has 2 rings (SSSR count). The number of nitrogens with zero attached hydrogens (tertiary/aromatic N) is 3. The zero-order chi connectivity index (χ0) is 11.5. The molecule has 4 nitrogen and oxygen atoms in total. The van der Waals surface area contributed by atoms with Crippen molar-refractivity contribution in [3.05, 3.63) is 24.3 Å². The number of thioether (sulfide) groups is 1. The van der Waals surface area contributed by atoms with Crippen LogP contribution in [0.5, 0.6) is 0 Å². The summed E-state index contributed by atoms with van der Waals surface area (Å²) in [6, 6.07) is 1.92. The van der Waals surface area contributed by atoms with Gasteiger partial charge in [0, 0.05) is 13.2 Å². The van der Waals surface area contributed by atoms with Crippen molar-refractivity contribution in [2.45, 2.75) is 12.5 Å². The van der Waals surface area contributed by atoms with Crippen molar-refractivity contribution in [3.63, 3.8) is 0 Å². The first kappa shape index (κ1) is 11.4. The predicted molar refractivity (Wildman–Crippen MR) is 68.4 cm³/mol. The van der Waals surface area contributed by atoms with Crippen molar-refractivity contribution in [2.75, 3.05) is 12.0 Å². The maximum absolute atomic E-state index is 6.13. The topological polar surface area (TPSA) is 56.7 Å². The van der Waals surface area contributed by atoms with Gasteiger partial charge in [-0.2, -0.15) is 11.8 Å². The number of pyridine rings is 1. The van der Waals surface area contributed by atoms with E-state index in [0.29, 0.717) is 0 Å². The molecule has 0 bridgehead atoms. The van der Waals surface area contributed by atoms with Crippen LogP contribution in [0.25, 0.3) is 11.0 Å². The first-order chi connectivity index (χ1) is 7.74. The van der Waals surface area contributed by atoms with Gasteiger partial charge in [0.2, 0.25) is 0 Å². The van der Waals surface area contributed by atoms with Gasteiger partial charge in [-0.3, -0.25) is 4.98 Å². The van der Waals surface area contributed by atoms with E-state index in [4.69, 9.17) is 5.73 Å². The normalized spacial score (nSPS) is 13.2. The van der Waals surface area contributed by atoms with Crippen molar-refractivity contribution in [2.24, 2.45) is 12.8 Å². The van der Waals surface area contributed by atoms with Gasteiger partial charge in [0.05, 0.1) is 23.3 Å². The third kappa shape index (κ3) is 2.05. The van der Waals surface area contributed by atoms with Gasteiger partial charge in [0.25, 0.3) is 0 Å². The number of hydrogen-bond donors (Lipinski definition) is 1. The van der Waals surface area contributed by atoms with Crippen molar-refractivity contribution in [1.29, 1.82) is 0 Å². The zero-order valence-electron chi connectivity index (χ0n) is 9.55. The average Bonchev–Trinajstić information content (AvgIpc) is 2.64. The lowest BCUT2D eigenvalue weighted by molar-refractivity contribution is 0.628. The Bertz CT molecular complexity index is 480. The quantitative estimate of drug-likeness (QED) is 0.878. The minimum atomic E-state index is 0.00449. The summed E-state index contributed by atoms with van der Waals surface area (Å²) in [5.41, 5.74) is 8.13. The molecule has 5 heteroatoms. The van der Waals surface area contributed by atoms with Crippen LogP contribution in [0.1, 0.15) is 18.3 Å². The van der Waals surface area contributed by atoms with Gasteiger partial charge in [-0.1, -0.05) is 0 Å². The molecule has 0 saturated heterocycles. The number of imidazole rings is 1. The molecule has 0 aliphatic carbocycles. The molecule has 16 heavy (non-hydrogen) atoms. The Morgan fingerprint density at radius 2 is 2.38 bits per heavy atom. The molecule has 0 saturated carbocycles. The Balaban J connectivity index is 2.33. The number of aryl methyl sites for hydroxylation is 1. The van der Waals surface area contributed by atoms with E-state index >= 15 is 0 Å². The second-order valence-electron chi connectivity index (χ2n) is 3.78. The Morgan fingerprint density at radius 1 is 1.56 bits per heavy atom. The van der Waals surface area contributed by atoms with E-state index in [9.17, 15) is 0 Å². The van der Waals surface area contributed by atoms with Gasteiger partial charge in [-0.15, -0.1) is 0 Å². The molecule has 1 atom stereocenters. The number of rotatable bonds is 4. The lowest BCUT2D eigenvalue weighted by Gasteiger charge is -2.10. The van der Waals surface area contributed by atoms with Crippen LogP contribution in [0.2, 0.25) is 0 Å². The molecule has 86 valence electrons. The van der Waals surface area contributed by atoms with Gasteiger partial charge in [-0.05, 0) is 24.5 Å². The fraction of sp³-hybridized carbons (Fsp3) is 0.455. The summed E-state index contributed by atoms with van der Waals surface area (Å²) in [5, 5.41) is 0. The summed E-state index contributed by atoms with van der Waals surface area (Å²) in [6.07, 6.45) is 6.62. The van der Waals surface area contributed by atoms with Crippen LogP contribution in [0.15, 0.2) is 18.5 Å². The molecule has 0 aromatic carbocycles. The van der Waals surface area contributed by atoms with Gasteiger partial charge in [0.15, 0.2) is 0 Å². The minimum absolute atomic E-state index is 0.00449. The molecule has 0 fully saturated rings. The van der Waals surface area contributed by atoms with E-state index in [2.05, 4.69) is 16.2 Å². The van der Waals surface area contributed by atoms with Crippen molar-refractivity contribution in [1.82, 2.24) is 14.5 Å². The highest BCUT2D eigenvalue weighted by molar-refractivity contribution is 7.98. The molecule has 0 aliphatic heterocycles. The van der Waals surface area contributed by atoms with Crippen LogP contribution < -0.4 is 5.73 Å². The highest BCUT2D eigenvalue weighted by atomic mass is 32.2. The van der Waals surface area contributed by atoms with Crippen LogP contribution in [0.4, 0.5) is 0 Å². The van der Waals surface area contributed by atoms with Crippen molar-refractivity contribution < 1.29 is 0 Å². The second-order valence-corrected chi connectivity index (χ2v) is 4.77. The molecular formula is C11H16N4S. The SMILES string of the molecule is CSCCC(N)c1nc2ccncc2n1C. The molecule has 2 N–H and O–H groups in total. The fourth-order valence-corrected chi connectivity index (χ4v) is 2.25. The molecule has 2 aromatic rings. The molecule has 0 aliphatic rings. The van der Waals surface area contributed by atoms with Crippen LogP contribution in [-0.4, -0.2) is 26.5 Å². The van der Waals surface area contributed by atoms with Crippen LogP contribution in [0, 0.1) is 0 Å². The number of nitrogens with two attached hydrogens (primary N) is 1. The summed E-state index contributed by atoms with van der Waals surface area (Å²) in [5.74, 6) is 2.00. The summed E-state index contributed by atoms with van der Waals surface area (Å²) in [4.78, 5) is 8.66. The van der Waals surface area contributed by atoms with Crippen LogP contribution >= 0.6 is 11.8 Å². The summed E-state index contributed by atoms with van der Waals surface area (Å²) in [7, 11) is 1.99. The highest BCUT2D eigenvalue weighted by Gasteiger charge is 2.14. The maximum atomic E-state index is 6.13. The zero-order valence-corrected chi connectivity index (χ0v) is 10.4. The third-order valence-corrected chi connectivity index (χ3v) is 3.33. The average molecular weight is 236 g/mol. The van der Waals surface area contributed by atoms with Gasteiger partial charge in [-0.25, -0.2) is 4.98 Å². The maximum Gasteiger partial charge on any atom is 0.126 e. The van der Waals surface area contributed by atoms with Crippen molar-refractivity contribution in [3.8, 4) is 0 Å². The molecule has 0 amide bonds. The van der Waals surface area contributed by atoms with Crippen LogP contribution in [0.3, 0.4) is 0 Å². The Labute approximate surface area is 99.3 Å². The first-order valence-corrected chi connectivity index (χ1v) is 6.64. The van der Waals surface area contributed by atoms with E-state index in [1.165, 1.54) is 0 Å². The highest BCUT2D eigenvalue weighted by Crippen LogP contribution is 2.20. The standard InChI is InChI=1S/C11H16N4S/c1-15-10-7-13-5-3-9(10)14-11(15)8(12)4-6-16-2/h3,5,7-8H,4,6,12H2,1-2H3. The van der Waals surface area contributed by atoms with Gasteiger partial charge < -0.3 is 10.3 Å². The van der Waals surface area contributed by atoms with Gasteiger partial charge in [0.1, 0.15) is 5.82 Å². The molecule has 0 radical (unpaired) electrons. The lowest BCUT2D eigenvalue weighted by atomic mass is 10.2. The second kappa shape index (κ2) is 4.84. The summed E-state index contributed by atoms with van der Waals surface area (Å²) >= 11 is 1.81. The number of fused-ring (bicyclic) bond motifs is 1. The minimum Gasteiger partial charge on any atom is -0.329 e. The Morgan fingerprint density at radius 3 is 3.06 bits per heavy atom. The first-order valence-electron chi connectivity index (χ1n) is 5.25. The lowest BCUT2D eigenvalue weighted by Crippen LogP contribution is -2.16. The molecular weight excluding hydrogens is 220 g/mol. The fourth-order valence-electron chi connectivity index (χ4n) is 1.76. The largest absolute Gasteiger partial charge is 0.329 e.